The fourth-order valence-corrected chi connectivity index (χ4v) is 1.66. The third-order valence-electron chi connectivity index (χ3n) is 2.83. The average molecular weight is 266 g/mol. The smallest absolute Gasteiger partial charge is 0.319 e. The van der Waals surface area contributed by atoms with Crippen LogP contribution >= 0.6 is 0 Å². The lowest BCUT2D eigenvalue weighted by Gasteiger charge is -2.11. The summed E-state index contributed by atoms with van der Waals surface area (Å²) < 4.78 is 5.15. The Hall–Kier alpha value is -1.75. The van der Waals surface area contributed by atoms with Crippen molar-refractivity contribution in [2.75, 3.05) is 25.6 Å². The lowest BCUT2D eigenvalue weighted by molar-refractivity contribution is 0.227. The minimum atomic E-state index is -0.249. The lowest BCUT2D eigenvalue weighted by atomic mass is 10.1. The highest BCUT2D eigenvalue weighted by Gasteiger charge is 2.06. The number of aliphatic hydroxyl groups excluding tert-OH is 1. The molecule has 1 unspecified atom stereocenters. The number of benzene rings is 1. The van der Waals surface area contributed by atoms with Crippen molar-refractivity contribution in [1.82, 2.24) is 5.32 Å². The van der Waals surface area contributed by atoms with Gasteiger partial charge in [-0.2, -0.15) is 0 Å². The Morgan fingerprint density at radius 3 is 2.84 bits per heavy atom. The Morgan fingerprint density at radius 2 is 2.16 bits per heavy atom. The SMILES string of the molecule is COc1ccccc1NC(=O)NCCCC(C)CO. The maximum Gasteiger partial charge on any atom is 0.319 e. The number of aliphatic hydroxyl groups is 1. The van der Waals surface area contributed by atoms with Gasteiger partial charge in [0.15, 0.2) is 0 Å². The minimum Gasteiger partial charge on any atom is -0.495 e. The molecule has 0 aliphatic rings. The summed E-state index contributed by atoms with van der Waals surface area (Å²) in [6.45, 7) is 2.76. The Balaban J connectivity index is 2.31. The summed E-state index contributed by atoms with van der Waals surface area (Å²) in [5.74, 6) is 0.908. The van der Waals surface area contributed by atoms with Gasteiger partial charge in [0.05, 0.1) is 12.8 Å². The number of anilines is 1. The van der Waals surface area contributed by atoms with Crippen molar-refractivity contribution in [3.63, 3.8) is 0 Å². The fraction of sp³-hybridized carbons (Fsp3) is 0.500. The molecule has 0 bridgehead atoms. The van der Waals surface area contributed by atoms with Crippen molar-refractivity contribution in [3.8, 4) is 5.75 Å². The molecule has 0 fully saturated rings. The maximum atomic E-state index is 11.7. The molecule has 2 amide bonds. The number of amides is 2. The molecule has 1 aromatic rings. The molecular weight excluding hydrogens is 244 g/mol. The number of methoxy groups -OCH3 is 1. The Bertz CT molecular complexity index is 396. The van der Waals surface area contributed by atoms with Gasteiger partial charge in [-0.05, 0) is 30.9 Å². The standard InChI is InChI=1S/C14H22N2O3/c1-11(10-17)6-5-9-15-14(18)16-12-7-3-4-8-13(12)19-2/h3-4,7-8,11,17H,5-6,9-10H2,1-2H3,(H2,15,16,18). The van der Waals surface area contributed by atoms with Gasteiger partial charge >= 0.3 is 6.03 Å². The zero-order valence-corrected chi connectivity index (χ0v) is 11.5. The molecule has 0 aromatic heterocycles. The highest BCUT2D eigenvalue weighted by atomic mass is 16.5. The molecule has 0 radical (unpaired) electrons. The number of hydrogen-bond acceptors (Lipinski definition) is 3. The summed E-state index contributed by atoms with van der Waals surface area (Å²) in [5, 5.41) is 14.4. The van der Waals surface area contributed by atoms with Crippen LogP contribution in [0.2, 0.25) is 0 Å². The number of ether oxygens (including phenoxy) is 1. The van der Waals surface area contributed by atoms with E-state index in [0.717, 1.165) is 12.8 Å². The van der Waals surface area contributed by atoms with E-state index in [0.29, 0.717) is 18.0 Å². The van der Waals surface area contributed by atoms with Gasteiger partial charge in [-0.25, -0.2) is 4.79 Å². The van der Waals surface area contributed by atoms with Crippen LogP contribution in [0.3, 0.4) is 0 Å². The van der Waals surface area contributed by atoms with Crippen LogP contribution in [0.1, 0.15) is 19.8 Å². The molecule has 0 saturated carbocycles. The van der Waals surface area contributed by atoms with E-state index in [1.54, 1.807) is 19.2 Å². The van der Waals surface area contributed by atoms with Crippen LogP contribution in [0, 0.1) is 5.92 Å². The number of nitrogens with one attached hydrogen (secondary N) is 2. The molecule has 1 aromatic carbocycles. The van der Waals surface area contributed by atoms with E-state index in [9.17, 15) is 4.79 Å². The molecule has 1 atom stereocenters. The van der Waals surface area contributed by atoms with Crippen LogP contribution in [0.25, 0.3) is 0 Å². The summed E-state index contributed by atoms with van der Waals surface area (Å²) in [5.41, 5.74) is 0.645. The van der Waals surface area contributed by atoms with Gasteiger partial charge in [-0.3, -0.25) is 0 Å². The molecule has 5 nitrogen and oxygen atoms in total. The summed E-state index contributed by atoms with van der Waals surface area (Å²) >= 11 is 0. The van der Waals surface area contributed by atoms with Crippen LogP contribution in [-0.2, 0) is 0 Å². The monoisotopic (exact) mass is 266 g/mol. The summed E-state index contributed by atoms with van der Waals surface area (Å²) in [7, 11) is 1.56. The van der Waals surface area contributed by atoms with Crippen molar-refractivity contribution in [1.29, 1.82) is 0 Å². The van der Waals surface area contributed by atoms with Gasteiger partial charge in [0.25, 0.3) is 0 Å². The van der Waals surface area contributed by atoms with Crippen LogP contribution < -0.4 is 15.4 Å². The zero-order valence-electron chi connectivity index (χ0n) is 11.5. The van der Waals surface area contributed by atoms with Gasteiger partial charge < -0.3 is 20.5 Å². The van der Waals surface area contributed by atoms with Crippen LogP contribution in [0.15, 0.2) is 24.3 Å². The van der Waals surface area contributed by atoms with E-state index in [2.05, 4.69) is 10.6 Å². The van der Waals surface area contributed by atoms with Crippen molar-refractivity contribution in [2.24, 2.45) is 5.92 Å². The second-order valence-electron chi connectivity index (χ2n) is 4.51. The maximum absolute atomic E-state index is 11.7. The second kappa shape index (κ2) is 8.37. The van der Waals surface area contributed by atoms with Crippen LogP contribution in [-0.4, -0.2) is 31.4 Å². The van der Waals surface area contributed by atoms with E-state index >= 15 is 0 Å². The highest BCUT2D eigenvalue weighted by Crippen LogP contribution is 2.22. The molecule has 0 heterocycles. The molecule has 5 heteroatoms. The van der Waals surface area contributed by atoms with E-state index < -0.39 is 0 Å². The lowest BCUT2D eigenvalue weighted by Crippen LogP contribution is -2.29. The summed E-state index contributed by atoms with van der Waals surface area (Å²) in [6, 6.07) is 7.01. The number of carbonyl (C=O) groups is 1. The molecular formula is C14H22N2O3. The predicted octanol–water partition coefficient (Wildman–Crippen LogP) is 2.23. The van der Waals surface area contributed by atoms with Crippen molar-refractivity contribution in [3.05, 3.63) is 24.3 Å². The molecule has 106 valence electrons. The molecule has 0 spiro atoms. The first-order valence-electron chi connectivity index (χ1n) is 6.46. The predicted molar refractivity (Wildman–Crippen MR) is 75.5 cm³/mol. The molecule has 0 aliphatic carbocycles. The topological polar surface area (TPSA) is 70.6 Å². The Kier molecular flexibility index (Phi) is 6.74. The van der Waals surface area contributed by atoms with Gasteiger partial charge in [-0.15, -0.1) is 0 Å². The zero-order chi connectivity index (χ0) is 14.1. The highest BCUT2D eigenvalue weighted by molar-refractivity contribution is 5.90. The van der Waals surface area contributed by atoms with E-state index in [1.807, 2.05) is 19.1 Å². The number of hydrogen-bond donors (Lipinski definition) is 3. The van der Waals surface area contributed by atoms with Gasteiger partial charge in [0.2, 0.25) is 0 Å². The largest absolute Gasteiger partial charge is 0.495 e. The second-order valence-corrected chi connectivity index (χ2v) is 4.51. The number of carbonyl (C=O) groups excluding carboxylic acids is 1. The van der Waals surface area contributed by atoms with Crippen LogP contribution in [0.4, 0.5) is 10.5 Å². The minimum absolute atomic E-state index is 0.188. The van der Waals surface area contributed by atoms with Gasteiger partial charge in [0.1, 0.15) is 5.75 Å². The van der Waals surface area contributed by atoms with Crippen LogP contribution in [0.5, 0.6) is 5.75 Å². The van der Waals surface area contributed by atoms with Gasteiger partial charge in [0, 0.05) is 13.2 Å². The number of para-hydroxylation sites is 2. The van der Waals surface area contributed by atoms with E-state index in [1.165, 1.54) is 0 Å². The third-order valence-corrected chi connectivity index (χ3v) is 2.83. The van der Waals surface area contributed by atoms with E-state index in [4.69, 9.17) is 9.84 Å². The van der Waals surface area contributed by atoms with E-state index in [-0.39, 0.29) is 18.6 Å². The van der Waals surface area contributed by atoms with Crippen molar-refractivity contribution >= 4 is 11.7 Å². The van der Waals surface area contributed by atoms with Crippen molar-refractivity contribution < 1.29 is 14.6 Å². The molecule has 0 saturated heterocycles. The summed E-state index contributed by atoms with van der Waals surface area (Å²) in [4.78, 5) is 11.7. The Morgan fingerprint density at radius 1 is 1.42 bits per heavy atom. The fourth-order valence-electron chi connectivity index (χ4n) is 1.66. The third kappa shape index (κ3) is 5.61. The number of urea groups is 1. The first-order chi connectivity index (χ1) is 9.17. The quantitative estimate of drug-likeness (QED) is 0.663. The summed E-state index contributed by atoms with van der Waals surface area (Å²) in [6.07, 6.45) is 1.74. The first kappa shape index (κ1) is 15.3. The molecule has 19 heavy (non-hydrogen) atoms. The first-order valence-corrected chi connectivity index (χ1v) is 6.46. The number of rotatable bonds is 7. The Labute approximate surface area is 114 Å². The molecule has 3 N–H and O–H groups in total. The van der Waals surface area contributed by atoms with Gasteiger partial charge in [-0.1, -0.05) is 19.1 Å². The molecule has 1 rings (SSSR count). The van der Waals surface area contributed by atoms with Crippen molar-refractivity contribution in [2.45, 2.75) is 19.8 Å². The molecule has 0 aliphatic heterocycles. The normalized spacial score (nSPS) is 11.7. The average Bonchev–Trinajstić information content (AvgIpc) is 2.43.